The molecule has 0 aliphatic rings. The Hall–Kier alpha value is -1.97. The molecule has 1 N–H and O–H groups in total. The molecule has 0 aliphatic heterocycles. The third-order valence-corrected chi connectivity index (χ3v) is 1.76. The van der Waals surface area contributed by atoms with Gasteiger partial charge in [0.1, 0.15) is 0 Å². The van der Waals surface area contributed by atoms with Crippen LogP contribution in [0.15, 0.2) is 30.6 Å². The van der Waals surface area contributed by atoms with Crippen LogP contribution in [0, 0.1) is 6.20 Å². The lowest BCUT2D eigenvalue weighted by atomic mass is 10.2. The van der Waals surface area contributed by atoms with Gasteiger partial charge in [-0.2, -0.15) is 0 Å². The average Bonchev–Trinajstić information content (AvgIpc) is 2.30. The van der Waals surface area contributed by atoms with Crippen LogP contribution in [-0.2, 0) is 0 Å². The minimum absolute atomic E-state index is 0.597. The Morgan fingerprint density at radius 2 is 2.21 bits per heavy atom. The van der Waals surface area contributed by atoms with E-state index in [1.807, 2.05) is 18.2 Å². The van der Waals surface area contributed by atoms with E-state index in [0.717, 1.165) is 11.3 Å². The van der Waals surface area contributed by atoms with E-state index in [-0.39, 0.29) is 0 Å². The zero-order valence-corrected chi connectivity index (χ0v) is 7.73. The van der Waals surface area contributed by atoms with Gasteiger partial charge in [-0.1, -0.05) is 0 Å². The molecule has 2 rings (SSSR count). The minimum Gasteiger partial charge on any atom is -0.357 e. The van der Waals surface area contributed by atoms with Crippen LogP contribution >= 0.6 is 0 Å². The van der Waals surface area contributed by atoms with Gasteiger partial charge in [-0.15, -0.1) is 0 Å². The van der Waals surface area contributed by atoms with Crippen LogP contribution in [-0.4, -0.2) is 22.0 Å². The third-order valence-electron chi connectivity index (χ3n) is 1.76. The normalized spacial score (nSPS) is 9.79. The highest BCUT2D eigenvalue weighted by Crippen LogP contribution is 2.14. The van der Waals surface area contributed by atoms with Gasteiger partial charge in [0.2, 0.25) is 5.95 Å². The molecule has 14 heavy (non-hydrogen) atoms. The second kappa shape index (κ2) is 3.83. The van der Waals surface area contributed by atoms with Crippen molar-refractivity contribution in [3.05, 3.63) is 36.8 Å². The highest BCUT2D eigenvalue weighted by molar-refractivity contribution is 5.57. The molecule has 4 heteroatoms. The van der Waals surface area contributed by atoms with Crippen LogP contribution in [0.25, 0.3) is 11.3 Å². The van der Waals surface area contributed by atoms with Crippen molar-refractivity contribution in [1.29, 1.82) is 0 Å². The Bertz CT molecular complexity index is 413. The van der Waals surface area contributed by atoms with Crippen LogP contribution in [0.2, 0.25) is 0 Å². The van der Waals surface area contributed by atoms with Gasteiger partial charge in [0, 0.05) is 25.0 Å². The SMILES string of the molecule is CNc1nccc(-c2[c]nccc2)n1. The van der Waals surface area contributed by atoms with E-state index >= 15 is 0 Å². The molecule has 2 aromatic heterocycles. The van der Waals surface area contributed by atoms with E-state index in [2.05, 4.69) is 26.5 Å². The monoisotopic (exact) mass is 185 g/mol. The summed E-state index contributed by atoms with van der Waals surface area (Å²) in [6.07, 6.45) is 6.26. The molecule has 0 unspecified atom stereocenters. The van der Waals surface area contributed by atoms with Gasteiger partial charge in [0.25, 0.3) is 0 Å². The van der Waals surface area contributed by atoms with E-state index < -0.39 is 0 Å². The Kier molecular flexibility index (Phi) is 2.36. The number of nitrogens with zero attached hydrogens (tertiary/aromatic N) is 3. The van der Waals surface area contributed by atoms with Crippen molar-refractivity contribution in [1.82, 2.24) is 15.0 Å². The summed E-state index contributed by atoms with van der Waals surface area (Å²) in [4.78, 5) is 12.2. The van der Waals surface area contributed by atoms with Crippen molar-refractivity contribution >= 4 is 5.95 Å². The lowest BCUT2D eigenvalue weighted by molar-refractivity contribution is 1.15. The molecule has 2 heterocycles. The molecule has 0 spiro atoms. The lowest BCUT2D eigenvalue weighted by Gasteiger charge is -2.01. The van der Waals surface area contributed by atoms with Crippen molar-refractivity contribution in [3.63, 3.8) is 0 Å². The van der Waals surface area contributed by atoms with Gasteiger partial charge < -0.3 is 5.32 Å². The van der Waals surface area contributed by atoms with Gasteiger partial charge in [0.05, 0.1) is 11.9 Å². The number of hydrogen-bond donors (Lipinski definition) is 1. The van der Waals surface area contributed by atoms with E-state index in [9.17, 15) is 0 Å². The number of rotatable bonds is 2. The van der Waals surface area contributed by atoms with Crippen molar-refractivity contribution in [2.45, 2.75) is 0 Å². The Labute approximate surface area is 82.1 Å². The zero-order chi connectivity index (χ0) is 9.80. The Morgan fingerprint density at radius 1 is 1.29 bits per heavy atom. The molecule has 69 valence electrons. The van der Waals surface area contributed by atoms with Crippen LogP contribution in [0.5, 0.6) is 0 Å². The molecular formula is C10H9N4. The van der Waals surface area contributed by atoms with Crippen molar-refractivity contribution < 1.29 is 0 Å². The number of nitrogens with one attached hydrogen (secondary N) is 1. The molecule has 0 bridgehead atoms. The molecule has 0 atom stereocenters. The number of aromatic nitrogens is 3. The average molecular weight is 185 g/mol. The maximum Gasteiger partial charge on any atom is 0.222 e. The van der Waals surface area contributed by atoms with Crippen LogP contribution in [0.3, 0.4) is 0 Å². The first kappa shape index (κ1) is 8.62. The molecule has 1 radical (unpaired) electrons. The molecular weight excluding hydrogens is 176 g/mol. The second-order valence-electron chi connectivity index (χ2n) is 2.68. The summed E-state index contributed by atoms with van der Waals surface area (Å²) >= 11 is 0. The summed E-state index contributed by atoms with van der Waals surface area (Å²) in [6, 6.07) is 5.59. The van der Waals surface area contributed by atoms with Gasteiger partial charge >= 0.3 is 0 Å². The molecule has 2 aromatic rings. The smallest absolute Gasteiger partial charge is 0.222 e. The summed E-state index contributed by atoms with van der Waals surface area (Å²) in [5, 5.41) is 2.88. The van der Waals surface area contributed by atoms with E-state index in [0.29, 0.717) is 5.95 Å². The first-order valence-electron chi connectivity index (χ1n) is 4.24. The Morgan fingerprint density at radius 3 is 2.93 bits per heavy atom. The minimum atomic E-state index is 0.597. The van der Waals surface area contributed by atoms with E-state index in [1.165, 1.54) is 0 Å². The van der Waals surface area contributed by atoms with Crippen molar-refractivity contribution in [2.75, 3.05) is 12.4 Å². The molecule has 4 nitrogen and oxygen atoms in total. The summed E-state index contributed by atoms with van der Waals surface area (Å²) < 4.78 is 0. The molecule has 0 saturated heterocycles. The van der Waals surface area contributed by atoms with Crippen molar-refractivity contribution in [2.24, 2.45) is 0 Å². The van der Waals surface area contributed by atoms with Crippen LogP contribution in [0.4, 0.5) is 5.95 Å². The fraction of sp³-hybridized carbons (Fsp3) is 0.100. The van der Waals surface area contributed by atoms with Crippen LogP contribution < -0.4 is 5.32 Å². The molecule has 0 saturated carbocycles. The maximum atomic E-state index is 4.27. The van der Waals surface area contributed by atoms with Crippen molar-refractivity contribution in [3.8, 4) is 11.3 Å². The van der Waals surface area contributed by atoms with Gasteiger partial charge in [0.15, 0.2) is 0 Å². The number of hydrogen-bond acceptors (Lipinski definition) is 4. The molecule has 0 aromatic carbocycles. The Balaban J connectivity index is 2.42. The first-order chi connectivity index (χ1) is 6.90. The van der Waals surface area contributed by atoms with Gasteiger partial charge in [-0.05, 0) is 18.2 Å². The first-order valence-corrected chi connectivity index (χ1v) is 4.24. The molecule has 0 fully saturated rings. The topological polar surface area (TPSA) is 50.7 Å². The highest BCUT2D eigenvalue weighted by Gasteiger charge is 2.00. The quantitative estimate of drug-likeness (QED) is 0.768. The molecule has 0 amide bonds. The van der Waals surface area contributed by atoms with Crippen LogP contribution in [0.1, 0.15) is 0 Å². The number of pyridine rings is 1. The largest absolute Gasteiger partial charge is 0.357 e. The summed E-state index contributed by atoms with van der Waals surface area (Å²) in [7, 11) is 1.78. The van der Waals surface area contributed by atoms with E-state index in [4.69, 9.17) is 0 Å². The fourth-order valence-corrected chi connectivity index (χ4v) is 1.10. The molecule has 0 aliphatic carbocycles. The van der Waals surface area contributed by atoms with Gasteiger partial charge in [-0.25, -0.2) is 9.97 Å². The fourth-order valence-electron chi connectivity index (χ4n) is 1.10. The summed E-state index contributed by atoms with van der Waals surface area (Å²) in [5.74, 6) is 0.597. The van der Waals surface area contributed by atoms with E-state index in [1.54, 1.807) is 19.4 Å². The second-order valence-corrected chi connectivity index (χ2v) is 2.68. The highest BCUT2D eigenvalue weighted by atomic mass is 15.1. The number of anilines is 1. The summed E-state index contributed by atoms with van der Waals surface area (Å²) in [5.41, 5.74) is 1.68. The third kappa shape index (κ3) is 1.69. The maximum absolute atomic E-state index is 4.27. The van der Waals surface area contributed by atoms with Gasteiger partial charge in [-0.3, -0.25) is 4.98 Å². The lowest BCUT2D eigenvalue weighted by Crippen LogP contribution is -1.96. The summed E-state index contributed by atoms with van der Waals surface area (Å²) in [6.45, 7) is 0. The predicted molar refractivity (Wildman–Crippen MR) is 53.6 cm³/mol. The predicted octanol–water partition coefficient (Wildman–Crippen LogP) is 1.38. The zero-order valence-electron chi connectivity index (χ0n) is 7.73. The standard InChI is InChI=1S/C10H9N4/c1-11-10-13-6-4-9(14-10)8-3-2-5-12-7-8/h2-6H,1H3,(H,11,13,14).